The highest BCUT2D eigenvalue weighted by atomic mass is 35.5. The van der Waals surface area contributed by atoms with Crippen molar-refractivity contribution in [2.45, 2.75) is 38.1 Å². The van der Waals surface area contributed by atoms with Gasteiger partial charge in [0.15, 0.2) is 0 Å². The molecule has 2 aromatic rings. The van der Waals surface area contributed by atoms with Gasteiger partial charge in [0.25, 0.3) is 5.91 Å². The number of rotatable bonds is 6. The Balaban J connectivity index is 2.36. The first-order chi connectivity index (χ1) is 12.2. The van der Waals surface area contributed by atoms with Crippen molar-refractivity contribution in [1.29, 1.82) is 0 Å². The van der Waals surface area contributed by atoms with Crippen molar-refractivity contribution in [2.75, 3.05) is 12.4 Å². The highest BCUT2D eigenvalue weighted by Gasteiger charge is 2.25. The fourth-order valence-electron chi connectivity index (χ4n) is 2.35. The minimum absolute atomic E-state index is 0.0329. The van der Waals surface area contributed by atoms with Crippen LogP contribution in [-0.2, 0) is 16.4 Å². The molecule has 0 spiro atoms. The number of nitrogens with zero attached hydrogens (tertiary/aromatic N) is 1. The summed E-state index contributed by atoms with van der Waals surface area (Å²) in [7, 11) is -2.20. The predicted molar refractivity (Wildman–Crippen MR) is 105 cm³/mol. The molecular formula is C19H23ClN2O3S. The summed E-state index contributed by atoms with van der Waals surface area (Å²) in [6.45, 7) is 5.58. The molecular weight excluding hydrogens is 372 g/mol. The summed E-state index contributed by atoms with van der Waals surface area (Å²) < 4.78 is 26.6. The molecule has 140 valence electrons. The van der Waals surface area contributed by atoms with Crippen LogP contribution in [-0.4, -0.2) is 31.7 Å². The van der Waals surface area contributed by atoms with E-state index in [1.165, 1.54) is 29.6 Å². The number of halogens is 1. The van der Waals surface area contributed by atoms with E-state index in [1.807, 2.05) is 25.1 Å². The maximum atomic E-state index is 12.7. The second-order valence-electron chi connectivity index (χ2n) is 6.26. The summed E-state index contributed by atoms with van der Waals surface area (Å²) in [4.78, 5) is 12.6. The van der Waals surface area contributed by atoms with Crippen molar-refractivity contribution < 1.29 is 13.2 Å². The van der Waals surface area contributed by atoms with Crippen LogP contribution in [0.5, 0.6) is 0 Å². The molecule has 1 amide bonds. The van der Waals surface area contributed by atoms with Crippen LogP contribution in [0.15, 0.2) is 47.4 Å². The molecule has 0 aliphatic rings. The summed E-state index contributed by atoms with van der Waals surface area (Å²) in [5.41, 5.74) is 1.84. The van der Waals surface area contributed by atoms with E-state index in [-0.39, 0.29) is 21.5 Å². The summed E-state index contributed by atoms with van der Waals surface area (Å²) in [5.74, 6) is -0.451. The second-order valence-corrected chi connectivity index (χ2v) is 8.67. The van der Waals surface area contributed by atoms with Crippen LogP contribution >= 0.6 is 11.6 Å². The fourth-order valence-corrected chi connectivity index (χ4v) is 3.95. The Morgan fingerprint density at radius 1 is 1.19 bits per heavy atom. The molecule has 5 nitrogen and oxygen atoms in total. The normalized spacial score (nSPS) is 11.8. The summed E-state index contributed by atoms with van der Waals surface area (Å²) in [5, 5.41) is 2.97. The lowest BCUT2D eigenvalue weighted by molar-refractivity contribution is 0.102. The molecule has 2 aromatic carbocycles. The van der Waals surface area contributed by atoms with E-state index in [4.69, 9.17) is 11.6 Å². The standard InChI is InChI=1S/C19H23ClN2O3S/c1-5-14-7-6-8-15(11-14)21-19(23)17-12-16(9-10-18(17)20)26(24,25)22(4)13(2)3/h6-13H,5H2,1-4H3,(H,21,23). The number of carbonyl (C=O) groups excluding carboxylic acids is 1. The molecule has 1 N–H and O–H groups in total. The van der Waals surface area contributed by atoms with E-state index in [2.05, 4.69) is 5.32 Å². The maximum Gasteiger partial charge on any atom is 0.257 e. The number of amides is 1. The number of hydrogen-bond donors (Lipinski definition) is 1. The molecule has 26 heavy (non-hydrogen) atoms. The topological polar surface area (TPSA) is 66.5 Å². The van der Waals surface area contributed by atoms with Crippen LogP contribution in [0, 0.1) is 0 Å². The SMILES string of the molecule is CCc1cccc(NC(=O)c2cc(S(=O)(=O)N(C)C(C)C)ccc2Cl)c1. The van der Waals surface area contributed by atoms with Crippen LogP contribution in [0.1, 0.15) is 36.7 Å². The Morgan fingerprint density at radius 2 is 1.88 bits per heavy atom. The Labute approximate surface area is 160 Å². The average molecular weight is 395 g/mol. The summed E-state index contributed by atoms with van der Waals surface area (Å²) in [6, 6.07) is 11.4. The monoisotopic (exact) mass is 394 g/mol. The Morgan fingerprint density at radius 3 is 2.50 bits per heavy atom. The van der Waals surface area contributed by atoms with Crippen LogP contribution in [0.3, 0.4) is 0 Å². The lowest BCUT2D eigenvalue weighted by Crippen LogP contribution is -2.33. The van der Waals surface area contributed by atoms with Crippen LogP contribution in [0.2, 0.25) is 5.02 Å². The molecule has 0 unspecified atom stereocenters. The Bertz CT molecular complexity index is 911. The fraction of sp³-hybridized carbons (Fsp3) is 0.316. The van der Waals surface area contributed by atoms with Gasteiger partial charge in [0.2, 0.25) is 10.0 Å². The van der Waals surface area contributed by atoms with E-state index >= 15 is 0 Å². The van der Waals surface area contributed by atoms with Gasteiger partial charge in [0.05, 0.1) is 15.5 Å². The van der Waals surface area contributed by atoms with Crippen molar-refractivity contribution in [2.24, 2.45) is 0 Å². The molecule has 0 aliphatic carbocycles. The molecule has 7 heteroatoms. The van der Waals surface area contributed by atoms with Gasteiger partial charge in [-0.2, -0.15) is 4.31 Å². The van der Waals surface area contributed by atoms with Gasteiger partial charge in [-0.15, -0.1) is 0 Å². The highest BCUT2D eigenvalue weighted by molar-refractivity contribution is 7.89. The van der Waals surface area contributed by atoms with Crippen molar-refractivity contribution >= 4 is 33.2 Å². The molecule has 0 radical (unpaired) electrons. The predicted octanol–water partition coefficient (Wildman–Crippen LogP) is 4.18. The number of carbonyl (C=O) groups is 1. The minimum atomic E-state index is -3.70. The Hall–Kier alpha value is -1.89. The molecule has 0 saturated carbocycles. The van der Waals surface area contributed by atoms with E-state index in [0.29, 0.717) is 5.69 Å². The molecule has 2 rings (SSSR count). The van der Waals surface area contributed by atoms with Gasteiger partial charge >= 0.3 is 0 Å². The molecule has 0 aliphatic heterocycles. The quantitative estimate of drug-likeness (QED) is 0.799. The number of aryl methyl sites for hydroxylation is 1. The zero-order valence-electron chi connectivity index (χ0n) is 15.3. The third kappa shape index (κ3) is 4.44. The maximum absolute atomic E-state index is 12.7. The zero-order valence-corrected chi connectivity index (χ0v) is 16.9. The van der Waals surface area contributed by atoms with Gasteiger partial charge < -0.3 is 5.32 Å². The largest absolute Gasteiger partial charge is 0.322 e. The first-order valence-corrected chi connectivity index (χ1v) is 10.2. The van der Waals surface area contributed by atoms with Gasteiger partial charge in [-0.3, -0.25) is 4.79 Å². The van der Waals surface area contributed by atoms with E-state index in [0.717, 1.165) is 12.0 Å². The van der Waals surface area contributed by atoms with Crippen molar-refractivity contribution in [3.05, 3.63) is 58.6 Å². The van der Waals surface area contributed by atoms with Gasteiger partial charge in [-0.05, 0) is 56.2 Å². The highest BCUT2D eigenvalue weighted by Crippen LogP contribution is 2.24. The number of hydrogen-bond acceptors (Lipinski definition) is 3. The molecule has 0 bridgehead atoms. The molecule has 0 saturated heterocycles. The van der Waals surface area contributed by atoms with Crippen molar-refractivity contribution in [1.82, 2.24) is 4.31 Å². The van der Waals surface area contributed by atoms with Gasteiger partial charge in [0.1, 0.15) is 0 Å². The third-order valence-electron chi connectivity index (χ3n) is 4.18. The van der Waals surface area contributed by atoms with Crippen LogP contribution < -0.4 is 5.32 Å². The lowest BCUT2D eigenvalue weighted by Gasteiger charge is -2.21. The lowest BCUT2D eigenvalue weighted by atomic mass is 10.1. The molecule has 0 heterocycles. The first kappa shape index (κ1) is 20.4. The van der Waals surface area contributed by atoms with E-state index in [1.54, 1.807) is 19.9 Å². The van der Waals surface area contributed by atoms with Gasteiger partial charge in [-0.1, -0.05) is 30.7 Å². The number of sulfonamides is 1. The molecule has 0 aromatic heterocycles. The van der Waals surface area contributed by atoms with Crippen molar-refractivity contribution in [3.63, 3.8) is 0 Å². The number of nitrogens with one attached hydrogen (secondary N) is 1. The first-order valence-electron chi connectivity index (χ1n) is 8.34. The van der Waals surface area contributed by atoms with Crippen LogP contribution in [0.4, 0.5) is 5.69 Å². The second kappa shape index (κ2) is 8.20. The zero-order chi connectivity index (χ0) is 19.5. The number of anilines is 1. The van der Waals surface area contributed by atoms with Crippen LogP contribution in [0.25, 0.3) is 0 Å². The molecule has 0 fully saturated rings. The van der Waals surface area contributed by atoms with E-state index < -0.39 is 15.9 Å². The van der Waals surface area contributed by atoms with E-state index in [9.17, 15) is 13.2 Å². The number of benzene rings is 2. The summed E-state index contributed by atoms with van der Waals surface area (Å²) >= 11 is 6.14. The minimum Gasteiger partial charge on any atom is -0.322 e. The smallest absolute Gasteiger partial charge is 0.257 e. The van der Waals surface area contributed by atoms with Crippen molar-refractivity contribution in [3.8, 4) is 0 Å². The van der Waals surface area contributed by atoms with Gasteiger partial charge in [-0.25, -0.2) is 8.42 Å². The summed E-state index contributed by atoms with van der Waals surface area (Å²) in [6.07, 6.45) is 0.847. The molecule has 0 atom stereocenters. The third-order valence-corrected chi connectivity index (χ3v) is 6.54. The average Bonchev–Trinajstić information content (AvgIpc) is 2.61. The Kier molecular flexibility index (Phi) is 6.44. The van der Waals surface area contributed by atoms with Gasteiger partial charge in [0, 0.05) is 18.8 Å².